The molecule has 1 fully saturated rings. The number of aliphatic hydroxyl groups is 1. The Morgan fingerprint density at radius 3 is 2.95 bits per heavy atom. The molecule has 22 heavy (non-hydrogen) atoms. The van der Waals surface area contributed by atoms with E-state index in [1.54, 1.807) is 6.08 Å². The van der Waals surface area contributed by atoms with Crippen LogP contribution in [0, 0.1) is 29.1 Å². The molecule has 0 aromatic heterocycles. The van der Waals surface area contributed by atoms with Crippen LogP contribution in [0.4, 0.5) is 4.39 Å². The van der Waals surface area contributed by atoms with Crippen LogP contribution >= 0.6 is 0 Å². The predicted octanol–water partition coefficient (Wildman–Crippen LogP) is 4.96. The van der Waals surface area contributed by atoms with Crippen LogP contribution in [0.5, 0.6) is 0 Å². The highest BCUT2D eigenvalue weighted by Gasteiger charge is 2.44. The van der Waals surface area contributed by atoms with E-state index in [0.29, 0.717) is 23.7 Å². The smallest absolute Gasteiger partial charge is 0.119 e. The fraction of sp³-hybridized carbons (Fsp3) is 0.600. The molecule has 1 saturated carbocycles. The number of hydrogen-bond acceptors (Lipinski definition) is 1. The van der Waals surface area contributed by atoms with Crippen LogP contribution < -0.4 is 0 Å². The maximum absolute atomic E-state index is 13.7. The van der Waals surface area contributed by atoms with E-state index >= 15 is 0 Å². The lowest BCUT2D eigenvalue weighted by Crippen LogP contribution is -2.31. The molecular formula is C20H27FO. The van der Waals surface area contributed by atoms with Gasteiger partial charge in [0.05, 0.1) is 0 Å². The quantitative estimate of drug-likeness (QED) is 0.781. The second kappa shape index (κ2) is 6.54. The van der Waals surface area contributed by atoms with Gasteiger partial charge < -0.3 is 5.11 Å². The maximum atomic E-state index is 13.7. The molecule has 4 unspecified atom stereocenters. The van der Waals surface area contributed by atoms with Gasteiger partial charge in [0.25, 0.3) is 0 Å². The third kappa shape index (κ3) is 3.12. The van der Waals surface area contributed by atoms with Gasteiger partial charge in [-0.15, -0.1) is 0 Å². The number of fused-ring (bicyclic) bond motifs is 2. The van der Waals surface area contributed by atoms with Gasteiger partial charge in [0.15, 0.2) is 0 Å². The first-order valence-electron chi connectivity index (χ1n) is 8.62. The topological polar surface area (TPSA) is 20.2 Å². The fourth-order valence-corrected chi connectivity index (χ4v) is 4.85. The monoisotopic (exact) mass is 302 g/mol. The zero-order chi connectivity index (χ0) is 15.6. The molecule has 0 aromatic rings. The SMILES string of the molecule is C[C@]1(CCCO)CC2C=C(F)C=CC2CC2CC=CC=CC21. The van der Waals surface area contributed by atoms with E-state index in [9.17, 15) is 9.50 Å². The minimum atomic E-state index is -0.0803. The summed E-state index contributed by atoms with van der Waals surface area (Å²) in [6.45, 7) is 2.59. The van der Waals surface area contributed by atoms with E-state index in [4.69, 9.17) is 0 Å². The Bertz CT molecular complexity index is 516. The number of hydrogen-bond donors (Lipinski definition) is 1. The summed E-state index contributed by atoms with van der Waals surface area (Å²) < 4.78 is 13.7. The minimum absolute atomic E-state index is 0.0803. The molecule has 2 heteroatoms. The Kier molecular flexibility index (Phi) is 4.67. The number of aliphatic hydroxyl groups excluding tert-OH is 1. The van der Waals surface area contributed by atoms with Crippen molar-refractivity contribution in [1.82, 2.24) is 0 Å². The summed E-state index contributed by atoms with van der Waals surface area (Å²) in [5.74, 6) is 1.82. The van der Waals surface area contributed by atoms with Crippen LogP contribution in [0.25, 0.3) is 0 Å². The summed E-state index contributed by atoms with van der Waals surface area (Å²) in [4.78, 5) is 0. The van der Waals surface area contributed by atoms with Crippen molar-refractivity contribution in [3.63, 3.8) is 0 Å². The van der Waals surface area contributed by atoms with Gasteiger partial charge in [-0.05, 0) is 73.3 Å². The molecular weight excluding hydrogens is 275 g/mol. The zero-order valence-electron chi connectivity index (χ0n) is 13.4. The second-order valence-electron chi connectivity index (χ2n) is 7.49. The molecule has 0 saturated heterocycles. The number of rotatable bonds is 3. The summed E-state index contributed by atoms with van der Waals surface area (Å²) in [5, 5.41) is 9.29. The Morgan fingerprint density at radius 1 is 1.27 bits per heavy atom. The van der Waals surface area contributed by atoms with Gasteiger partial charge in [0, 0.05) is 6.61 Å². The van der Waals surface area contributed by atoms with E-state index in [0.717, 1.165) is 32.1 Å². The minimum Gasteiger partial charge on any atom is -0.396 e. The van der Waals surface area contributed by atoms with Gasteiger partial charge in [0.2, 0.25) is 0 Å². The third-order valence-electron chi connectivity index (χ3n) is 5.93. The van der Waals surface area contributed by atoms with E-state index in [-0.39, 0.29) is 17.8 Å². The van der Waals surface area contributed by atoms with E-state index in [2.05, 4.69) is 37.3 Å². The highest BCUT2D eigenvalue weighted by Crippen LogP contribution is 2.53. The first-order valence-corrected chi connectivity index (χ1v) is 8.62. The van der Waals surface area contributed by atoms with Gasteiger partial charge >= 0.3 is 0 Å². The molecule has 1 nitrogen and oxygen atoms in total. The highest BCUT2D eigenvalue weighted by molar-refractivity contribution is 5.23. The molecule has 1 N–H and O–H groups in total. The van der Waals surface area contributed by atoms with Gasteiger partial charge in [-0.1, -0.05) is 37.3 Å². The Balaban J connectivity index is 1.93. The average Bonchev–Trinajstić information content (AvgIpc) is 2.78. The van der Waals surface area contributed by atoms with E-state index in [1.165, 1.54) is 0 Å². The van der Waals surface area contributed by atoms with Crippen LogP contribution in [0.1, 0.15) is 39.0 Å². The predicted molar refractivity (Wildman–Crippen MR) is 88.8 cm³/mol. The van der Waals surface area contributed by atoms with Crippen LogP contribution in [-0.2, 0) is 0 Å². The lowest BCUT2D eigenvalue weighted by molar-refractivity contribution is 0.126. The molecule has 3 aliphatic carbocycles. The molecule has 0 heterocycles. The molecule has 5 atom stereocenters. The first kappa shape index (κ1) is 15.7. The van der Waals surface area contributed by atoms with Gasteiger partial charge in [-0.25, -0.2) is 4.39 Å². The van der Waals surface area contributed by atoms with E-state index in [1.807, 2.05) is 6.08 Å². The van der Waals surface area contributed by atoms with Gasteiger partial charge in [0.1, 0.15) is 5.83 Å². The zero-order valence-corrected chi connectivity index (χ0v) is 13.4. The average molecular weight is 302 g/mol. The van der Waals surface area contributed by atoms with Crippen LogP contribution in [0.3, 0.4) is 0 Å². The van der Waals surface area contributed by atoms with Gasteiger partial charge in [-0.3, -0.25) is 0 Å². The largest absolute Gasteiger partial charge is 0.396 e. The van der Waals surface area contributed by atoms with Crippen molar-refractivity contribution in [3.8, 4) is 0 Å². The molecule has 0 amide bonds. The van der Waals surface area contributed by atoms with Crippen LogP contribution in [0.15, 0.2) is 48.4 Å². The Labute approximate surface area is 133 Å². The normalized spacial score (nSPS) is 40.4. The van der Waals surface area contributed by atoms with Crippen molar-refractivity contribution in [2.75, 3.05) is 6.61 Å². The highest BCUT2D eigenvalue weighted by atomic mass is 19.1. The summed E-state index contributed by atoms with van der Waals surface area (Å²) >= 11 is 0. The molecule has 3 aliphatic rings. The lowest BCUT2D eigenvalue weighted by Gasteiger charge is -2.39. The van der Waals surface area contributed by atoms with Crippen molar-refractivity contribution < 1.29 is 9.50 Å². The summed E-state index contributed by atoms with van der Waals surface area (Å²) in [7, 11) is 0. The number of allylic oxidation sites excluding steroid dienone is 8. The van der Waals surface area contributed by atoms with Crippen molar-refractivity contribution >= 4 is 0 Å². The molecule has 0 bridgehead atoms. The van der Waals surface area contributed by atoms with Crippen molar-refractivity contribution in [2.24, 2.45) is 29.1 Å². The summed E-state index contributed by atoms with van der Waals surface area (Å²) in [5.41, 5.74) is 0.136. The van der Waals surface area contributed by atoms with Crippen molar-refractivity contribution in [1.29, 1.82) is 0 Å². The molecule has 0 radical (unpaired) electrons. The summed E-state index contributed by atoms with van der Waals surface area (Å²) in [6, 6.07) is 0. The lowest BCUT2D eigenvalue weighted by atomic mass is 9.65. The molecule has 3 rings (SSSR count). The second-order valence-corrected chi connectivity index (χ2v) is 7.49. The van der Waals surface area contributed by atoms with Crippen LogP contribution in [-0.4, -0.2) is 11.7 Å². The van der Waals surface area contributed by atoms with Crippen LogP contribution in [0.2, 0.25) is 0 Å². The maximum Gasteiger partial charge on any atom is 0.119 e. The van der Waals surface area contributed by atoms with Gasteiger partial charge in [-0.2, -0.15) is 0 Å². The molecule has 0 spiro atoms. The first-order chi connectivity index (χ1) is 10.6. The number of halogens is 1. The molecule has 0 aliphatic heterocycles. The third-order valence-corrected chi connectivity index (χ3v) is 5.93. The Morgan fingerprint density at radius 2 is 2.14 bits per heavy atom. The standard InChI is InChI=1S/C20H27FO/c1-20(10-5-11-22)14-17-13-18(21)9-8-15(17)12-16-6-3-2-4-7-19(16)20/h2-4,7-9,13,15-17,19,22H,5-6,10-12,14H2,1H3/t15?,16?,17?,19?,20-/m0/s1. The van der Waals surface area contributed by atoms with Crippen molar-refractivity contribution in [2.45, 2.75) is 39.0 Å². The Hall–Kier alpha value is -1.15. The molecule has 120 valence electrons. The molecule has 0 aromatic carbocycles. The van der Waals surface area contributed by atoms with E-state index < -0.39 is 0 Å². The van der Waals surface area contributed by atoms with Crippen molar-refractivity contribution in [3.05, 3.63) is 48.4 Å². The fourth-order valence-electron chi connectivity index (χ4n) is 4.85. The summed E-state index contributed by atoms with van der Waals surface area (Å²) in [6.07, 6.45) is 19.7.